The van der Waals surface area contributed by atoms with Crippen molar-refractivity contribution in [2.75, 3.05) is 18.4 Å². The fraction of sp³-hybridized carbons (Fsp3) is 0.300. The maximum absolute atomic E-state index is 12.3. The molecule has 1 saturated heterocycles. The molecule has 0 atom stereocenters. The molecule has 0 unspecified atom stereocenters. The Balaban J connectivity index is 1.61. The van der Waals surface area contributed by atoms with E-state index in [2.05, 4.69) is 10.6 Å². The molecule has 0 radical (unpaired) electrons. The summed E-state index contributed by atoms with van der Waals surface area (Å²) in [6.07, 6.45) is 1.67. The number of rotatable bonds is 4. The highest BCUT2D eigenvalue weighted by Crippen LogP contribution is 2.16. The minimum absolute atomic E-state index is 0.0193. The summed E-state index contributed by atoms with van der Waals surface area (Å²) < 4.78 is 5.52. The first-order chi connectivity index (χ1) is 12.1. The first-order valence-electron chi connectivity index (χ1n) is 8.52. The van der Waals surface area contributed by atoms with Crippen LogP contribution in [0.3, 0.4) is 0 Å². The zero-order valence-corrected chi connectivity index (χ0v) is 14.2. The molecule has 5 nitrogen and oxygen atoms in total. The quantitative estimate of drug-likeness (QED) is 0.841. The van der Waals surface area contributed by atoms with Crippen LogP contribution in [-0.2, 0) is 4.74 Å². The number of benzene rings is 2. The van der Waals surface area contributed by atoms with Crippen LogP contribution in [0, 0.1) is 6.92 Å². The van der Waals surface area contributed by atoms with Crippen LogP contribution in [0.25, 0.3) is 0 Å². The van der Waals surface area contributed by atoms with E-state index in [1.54, 1.807) is 30.3 Å². The van der Waals surface area contributed by atoms with Crippen molar-refractivity contribution < 1.29 is 14.3 Å². The third-order valence-electron chi connectivity index (χ3n) is 4.33. The topological polar surface area (TPSA) is 67.4 Å². The second-order valence-electron chi connectivity index (χ2n) is 6.20. The first-order valence-corrected chi connectivity index (χ1v) is 8.52. The van der Waals surface area contributed by atoms with E-state index in [-0.39, 0.29) is 18.0 Å². The minimum atomic E-state index is -0.316. The zero-order chi connectivity index (χ0) is 17.6. The molecule has 130 valence electrons. The van der Waals surface area contributed by atoms with Gasteiger partial charge in [0.25, 0.3) is 5.91 Å². The molecule has 2 aromatic rings. The minimum Gasteiger partial charge on any atom is -0.459 e. The maximum Gasteiger partial charge on any atom is 0.338 e. The number of piperidine rings is 1. The summed E-state index contributed by atoms with van der Waals surface area (Å²) >= 11 is 0. The van der Waals surface area contributed by atoms with E-state index in [1.807, 2.05) is 25.1 Å². The fourth-order valence-corrected chi connectivity index (χ4v) is 2.85. The molecule has 1 amide bonds. The number of anilines is 1. The highest BCUT2D eigenvalue weighted by Gasteiger charge is 2.18. The molecule has 2 N–H and O–H groups in total. The van der Waals surface area contributed by atoms with Crippen LogP contribution in [0.5, 0.6) is 0 Å². The molecular weight excluding hydrogens is 316 g/mol. The molecule has 25 heavy (non-hydrogen) atoms. The van der Waals surface area contributed by atoms with Gasteiger partial charge < -0.3 is 15.4 Å². The molecule has 1 fully saturated rings. The highest BCUT2D eigenvalue weighted by atomic mass is 16.5. The third-order valence-corrected chi connectivity index (χ3v) is 4.33. The Hall–Kier alpha value is -2.66. The number of hydrogen-bond acceptors (Lipinski definition) is 4. The van der Waals surface area contributed by atoms with Gasteiger partial charge in [-0.2, -0.15) is 0 Å². The highest BCUT2D eigenvalue weighted by molar-refractivity contribution is 6.05. The van der Waals surface area contributed by atoms with Crippen molar-refractivity contribution in [1.29, 1.82) is 0 Å². The lowest BCUT2D eigenvalue weighted by Crippen LogP contribution is -2.33. The average molecular weight is 338 g/mol. The molecule has 2 aromatic carbocycles. The van der Waals surface area contributed by atoms with Crippen molar-refractivity contribution in [3.8, 4) is 0 Å². The van der Waals surface area contributed by atoms with E-state index in [1.165, 1.54) is 0 Å². The molecule has 0 aliphatic carbocycles. The number of carbonyl (C=O) groups excluding carboxylic acids is 2. The van der Waals surface area contributed by atoms with Gasteiger partial charge in [-0.05, 0) is 68.8 Å². The number of nitrogens with one attached hydrogen (secondary N) is 2. The number of hydrogen-bond donors (Lipinski definition) is 2. The molecular formula is C20H22N2O3. The Morgan fingerprint density at radius 1 is 1.04 bits per heavy atom. The van der Waals surface area contributed by atoms with Crippen LogP contribution in [0.1, 0.15) is 39.1 Å². The summed E-state index contributed by atoms with van der Waals surface area (Å²) in [4.78, 5) is 24.5. The van der Waals surface area contributed by atoms with E-state index < -0.39 is 0 Å². The molecule has 0 bridgehead atoms. The van der Waals surface area contributed by atoms with E-state index >= 15 is 0 Å². The second kappa shape index (κ2) is 7.94. The van der Waals surface area contributed by atoms with Crippen LogP contribution >= 0.6 is 0 Å². The van der Waals surface area contributed by atoms with E-state index in [0.717, 1.165) is 31.5 Å². The molecule has 3 rings (SSSR count). The van der Waals surface area contributed by atoms with Gasteiger partial charge in [0.05, 0.1) is 5.56 Å². The summed E-state index contributed by atoms with van der Waals surface area (Å²) in [6.45, 7) is 3.65. The smallest absolute Gasteiger partial charge is 0.338 e. The Labute approximate surface area is 147 Å². The van der Waals surface area contributed by atoms with Gasteiger partial charge in [0.1, 0.15) is 6.10 Å². The monoisotopic (exact) mass is 338 g/mol. The summed E-state index contributed by atoms with van der Waals surface area (Å²) in [5.74, 6) is -0.480. The lowest BCUT2D eigenvalue weighted by Gasteiger charge is -2.22. The molecule has 1 heterocycles. The number of amides is 1. The summed E-state index contributed by atoms with van der Waals surface area (Å²) in [6, 6.07) is 14.2. The number of carbonyl (C=O) groups is 2. The predicted molar refractivity (Wildman–Crippen MR) is 96.9 cm³/mol. The number of esters is 1. The normalized spacial score (nSPS) is 14.8. The van der Waals surface area contributed by atoms with Gasteiger partial charge in [0, 0.05) is 11.3 Å². The standard InChI is InChI=1S/C20H22N2O3/c1-14-4-2-3-5-18(14)19(23)22-16-8-6-15(7-9-16)20(24)25-17-10-12-21-13-11-17/h2-9,17,21H,10-13H2,1H3,(H,22,23). The van der Waals surface area contributed by atoms with Crippen LogP contribution in [0.15, 0.2) is 48.5 Å². The van der Waals surface area contributed by atoms with Crippen LogP contribution in [-0.4, -0.2) is 31.1 Å². The van der Waals surface area contributed by atoms with Gasteiger partial charge in [-0.1, -0.05) is 18.2 Å². The Morgan fingerprint density at radius 3 is 2.40 bits per heavy atom. The Morgan fingerprint density at radius 2 is 1.72 bits per heavy atom. The predicted octanol–water partition coefficient (Wildman–Crippen LogP) is 3.16. The number of aryl methyl sites for hydroxylation is 1. The molecule has 1 aliphatic heterocycles. The van der Waals surface area contributed by atoms with Crippen molar-refractivity contribution in [3.63, 3.8) is 0 Å². The van der Waals surface area contributed by atoms with Gasteiger partial charge in [-0.3, -0.25) is 4.79 Å². The molecule has 0 saturated carbocycles. The lowest BCUT2D eigenvalue weighted by atomic mass is 10.1. The summed E-state index contributed by atoms with van der Waals surface area (Å²) in [7, 11) is 0. The fourth-order valence-electron chi connectivity index (χ4n) is 2.85. The van der Waals surface area contributed by atoms with E-state index in [4.69, 9.17) is 4.74 Å². The van der Waals surface area contributed by atoms with Crippen molar-refractivity contribution in [2.24, 2.45) is 0 Å². The van der Waals surface area contributed by atoms with Crippen molar-refractivity contribution in [2.45, 2.75) is 25.9 Å². The van der Waals surface area contributed by atoms with Gasteiger partial charge in [0.15, 0.2) is 0 Å². The zero-order valence-electron chi connectivity index (χ0n) is 14.2. The van der Waals surface area contributed by atoms with Crippen molar-refractivity contribution in [1.82, 2.24) is 5.32 Å². The summed E-state index contributed by atoms with van der Waals surface area (Å²) in [5, 5.41) is 6.09. The van der Waals surface area contributed by atoms with Gasteiger partial charge in [-0.25, -0.2) is 4.79 Å². The van der Waals surface area contributed by atoms with Crippen molar-refractivity contribution in [3.05, 3.63) is 65.2 Å². The van der Waals surface area contributed by atoms with Crippen LogP contribution in [0.4, 0.5) is 5.69 Å². The molecule has 5 heteroatoms. The molecule has 1 aliphatic rings. The van der Waals surface area contributed by atoms with Crippen molar-refractivity contribution >= 4 is 17.6 Å². The van der Waals surface area contributed by atoms with Gasteiger partial charge >= 0.3 is 5.97 Å². The average Bonchev–Trinajstić information content (AvgIpc) is 2.63. The largest absolute Gasteiger partial charge is 0.459 e. The third kappa shape index (κ3) is 4.45. The second-order valence-corrected chi connectivity index (χ2v) is 6.20. The van der Waals surface area contributed by atoms with E-state index in [9.17, 15) is 9.59 Å². The SMILES string of the molecule is Cc1ccccc1C(=O)Nc1ccc(C(=O)OC2CCNCC2)cc1. The lowest BCUT2D eigenvalue weighted by molar-refractivity contribution is 0.0229. The summed E-state index contributed by atoms with van der Waals surface area (Å²) in [5.41, 5.74) is 2.69. The first kappa shape index (κ1) is 17.2. The molecule has 0 aromatic heterocycles. The maximum atomic E-state index is 12.3. The number of ether oxygens (including phenoxy) is 1. The van der Waals surface area contributed by atoms with Gasteiger partial charge in [-0.15, -0.1) is 0 Å². The van der Waals surface area contributed by atoms with Crippen LogP contribution < -0.4 is 10.6 Å². The molecule has 0 spiro atoms. The Bertz CT molecular complexity index is 750. The van der Waals surface area contributed by atoms with Crippen LogP contribution in [0.2, 0.25) is 0 Å². The van der Waals surface area contributed by atoms with E-state index in [0.29, 0.717) is 16.8 Å². The van der Waals surface area contributed by atoms with Gasteiger partial charge in [0.2, 0.25) is 0 Å². The Kier molecular flexibility index (Phi) is 5.46.